The van der Waals surface area contributed by atoms with Crippen LogP contribution in [0, 0.1) is 11.6 Å². The third-order valence-corrected chi connectivity index (χ3v) is 4.52. The first-order chi connectivity index (χ1) is 9.40. The molecule has 0 saturated carbocycles. The summed E-state index contributed by atoms with van der Waals surface area (Å²) < 4.78 is 55.9. The Bertz CT molecular complexity index is 534. The highest BCUT2D eigenvalue weighted by molar-refractivity contribution is 7.91. The fourth-order valence-electron chi connectivity index (χ4n) is 1.79. The van der Waals surface area contributed by atoms with Gasteiger partial charge in [-0.3, -0.25) is 0 Å². The van der Waals surface area contributed by atoms with E-state index >= 15 is 0 Å². The van der Waals surface area contributed by atoms with Crippen molar-refractivity contribution in [3.05, 3.63) is 29.8 Å². The van der Waals surface area contributed by atoms with E-state index in [2.05, 4.69) is 5.32 Å². The van der Waals surface area contributed by atoms with Gasteiger partial charge in [0.25, 0.3) is 0 Å². The summed E-state index contributed by atoms with van der Waals surface area (Å²) in [6.45, 7) is 2.74. The first-order valence-electron chi connectivity index (χ1n) is 6.30. The molecule has 20 heavy (non-hydrogen) atoms. The minimum atomic E-state index is -3.92. The number of ether oxygens (including phenoxy) is 1. The molecule has 0 aliphatic rings. The van der Waals surface area contributed by atoms with E-state index in [9.17, 15) is 17.2 Å². The molecule has 4 nitrogen and oxygen atoms in total. The van der Waals surface area contributed by atoms with Crippen LogP contribution in [0.2, 0.25) is 0 Å². The predicted octanol–water partition coefficient (Wildman–Crippen LogP) is 1.75. The number of methoxy groups -OCH3 is 1. The topological polar surface area (TPSA) is 55.4 Å². The molecule has 0 radical (unpaired) electrons. The average Bonchev–Trinajstić information content (AvgIpc) is 2.38. The smallest absolute Gasteiger partial charge is 0.182 e. The van der Waals surface area contributed by atoms with E-state index in [4.69, 9.17) is 4.74 Å². The van der Waals surface area contributed by atoms with Crippen molar-refractivity contribution >= 4 is 9.84 Å². The second kappa shape index (κ2) is 7.66. The van der Waals surface area contributed by atoms with Crippen molar-refractivity contribution in [3.63, 3.8) is 0 Å². The van der Waals surface area contributed by atoms with Crippen molar-refractivity contribution in [3.8, 4) is 0 Å². The largest absolute Gasteiger partial charge is 0.383 e. The molecule has 0 saturated heterocycles. The Morgan fingerprint density at radius 3 is 2.65 bits per heavy atom. The highest BCUT2D eigenvalue weighted by Crippen LogP contribution is 2.18. The quantitative estimate of drug-likeness (QED) is 0.795. The maximum atomic E-state index is 13.6. The molecule has 0 fully saturated rings. The summed E-state index contributed by atoms with van der Waals surface area (Å²) in [4.78, 5) is -0.614. The van der Waals surface area contributed by atoms with Gasteiger partial charge in [-0.2, -0.15) is 0 Å². The maximum absolute atomic E-state index is 13.6. The number of sulfone groups is 1. The Balaban J connectivity index is 2.93. The molecule has 114 valence electrons. The lowest BCUT2D eigenvalue weighted by Gasteiger charge is -2.17. The molecular formula is C13H19F2NO3S. The SMILES string of the molecule is CCCNC(COC)CS(=O)(=O)c1cc(F)ccc1F. The van der Waals surface area contributed by atoms with Crippen LogP contribution in [-0.2, 0) is 14.6 Å². The molecule has 1 rings (SSSR count). The lowest BCUT2D eigenvalue weighted by atomic mass is 10.3. The van der Waals surface area contributed by atoms with Crippen LogP contribution in [0.25, 0.3) is 0 Å². The van der Waals surface area contributed by atoms with Gasteiger partial charge >= 0.3 is 0 Å². The highest BCUT2D eigenvalue weighted by atomic mass is 32.2. The molecule has 1 aromatic carbocycles. The van der Waals surface area contributed by atoms with Crippen molar-refractivity contribution in [2.45, 2.75) is 24.3 Å². The zero-order chi connectivity index (χ0) is 15.2. The summed E-state index contributed by atoms with van der Waals surface area (Å²) in [5, 5.41) is 3.01. The van der Waals surface area contributed by atoms with Crippen LogP contribution in [0.3, 0.4) is 0 Å². The van der Waals surface area contributed by atoms with Crippen molar-refractivity contribution < 1.29 is 21.9 Å². The van der Waals surface area contributed by atoms with Crippen LogP contribution in [-0.4, -0.2) is 40.5 Å². The summed E-state index contributed by atoms with van der Waals surface area (Å²) in [7, 11) is -2.47. The van der Waals surface area contributed by atoms with Crippen LogP contribution in [0.1, 0.15) is 13.3 Å². The molecule has 7 heteroatoms. The normalized spacial score (nSPS) is 13.4. The zero-order valence-corrected chi connectivity index (χ0v) is 12.3. The van der Waals surface area contributed by atoms with E-state index in [-0.39, 0.29) is 12.4 Å². The molecular weight excluding hydrogens is 288 g/mol. The molecule has 0 aliphatic carbocycles. The Hall–Kier alpha value is -1.05. The Kier molecular flexibility index (Phi) is 6.51. The molecule has 1 unspecified atom stereocenters. The summed E-state index contributed by atoms with van der Waals surface area (Å²) in [5.41, 5.74) is 0. The monoisotopic (exact) mass is 307 g/mol. The number of benzene rings is 1. The van der Waals surface area contributed by atoms with Crippen molar-refractivity contribution in [1.82, 2.24) is 5.32 Å². The number of rotatable bonds is 8. The maximum Gasteiger partial charge on any atom is 0.182 e. The molecule has 1 atom stereocenters. The Morgan fingerprint density at radius 2 is 2.05 bits per heavy atom. The van der Waals surface area contributed by atoms with Gasteiger partial charge in [-0.15, -0.1) is 0 Å². The Morgan fingerprint density at radius 1 is 1.35 bits per heavy atom. The highest BCUT2D eigenvalue weighted by Gasteiger charge is 2.24. The molecule has 0 aliphatic heterocycles. The number of halogens is 2. The number of hydrogen-bond donors (Lipinski definition) is 1. The van der Waals surface area contributed by atoms with Gasteiger partial charge in [-0.25, -0.2) is 17.2 Å². The van der Waals surface area contributed by atoms with Crippen molar-refractivity contribution in [1.29, 1.82) is 0 Å². The zero-order valence-electron chi connectivity index (χ0n) is 11.5. The van der Waals surface area contributed by atoms with E-state index < -0.39 is 32.4 Å². The molecule has 1 aromatic rings. The fraction of sp³-hybridized carbons (Fsp3) is 0.538. The molecule has 0 bridgehead atoms. The van der Waals surface area contributed by atoms with Gasteiger partial charge in [0, 0.05) is 13.2 Å². The molecule has 0 spiro atoms. The van der Waals surface area contributed by atoms with Crippen molar-refractivity contribution in [2.75, 3.05) is 26.0 Å². The van der Waals surface area contributed by atoms with Crippen LogP contribution in [0.4, 0.5) is 8.78 Å². The van der Waals surface area contributed by atoms with Gasteiger partial charge < -0.3 is 10.1 Å². The van der Waals surface area contributed by atoms with E-state index in [0.717, 1.165) is 18.6 Å². The molecule has 0 heterocycles. The fourth-order valence-corrected chi connectivity index (χ4v) is 3.37. The predicted molar refractivity (Wildman–Crippen MR) is 72.4 cm³/mol. The minimum absolute atomic E-state index is 0.177. The van der Waals surface area contributed by atoms with Gasteiger partial charge in [0.15, 0.2) is 9.84 Å². The summed E-state index contributed by atoms with van der Waals surface area (Å²) in [5.74, 6) is -2.07. The number of nitrogens with one attached hydrogen (secondary N) is 1. The lowest BCUT2D eigenvalue weighted by molar-refractivity contribution is 0.173. The first kappa shape index (κ1) is 17.0. The second-order valence-corrected chi connectivity index (χ2v) is 6.47. The van der Waals surface area contributed by atoms with Crippen molar-refractivity contribution in [2.24, 2.45) is 0 Å². The minimum Gasteiger partial charge on any atom is -0.383 e. The van der Waals surface area contributed by atoms with E-state index in [0.29, 0.717) is 12.6 Å². The van der Waals surface area contributed by atoms with E-state index in [1.807, 2.05) is 6.92 Å². The van der Waals surface area contributed by atoms with Gasteiger partial charge in [-0.1, -0.05) is 6.92 Å². The average molecular weight is 307 g/mol. The van der Waals surface area contributed by atoms with E-state index in [1.54, 1.807) is 0 Å². The van der Waals surface area contributed by atoms with Gasteiger partial charge in [0.2, 0.25) is 0 Å². The Labute approximate surface area is 118 Å². The second-order valence-electron chi connectivity index (χ2n) is 4.46. The third-order valence-electron chi connectivity index (χ3n) is 2.70. The summed E-state index contributed by atoms with van der Waals surface area (Å²) in [6.07, 6.45) is 0.828. The van der Waals surface area contributed by atoms with E-state index in [1.165, 1.54) is 7.11 Å². The lowest BCUT2D eigenvalue weighted by Crippen LogP contribution is -2.39. The van der Waals surface area contributed by atoms with Crippen LogP contribution in [0.15, 0.2) is 23.1 Å². The van der Waals surface area contributed by atoms with Crippen LogP contribution in [0.5, 0.6) is 0 Å². The molecule has 1 N–H and O–H groups in total. The first-order valence-corrected chi connectivity index (χ1v) is 7.96. The standard InChI is InChI=1S/C13H19F2NO3S/c1-3-6-16-11(8-19-2)9-20(17,18)13-7-10(14)4-5-12(13)15/h4-5,7,11,16H,3,6,8-9H2,1-2H3. The molecule has 0 aromatic heterocycles. The summed E-state index contributed by atoms with van der Waals surface area (Å²) >= 11 is 0. The van der Waals surface area contributed by atoms with Gasteiger partial charge in [0.1, 0.15) is 16.5 Å². The van der Waals surface area contributed by atoms with Crippen LogP contribution >= 0.6 is 0 Å². The number of hydrogen-bond acceptors (Lipinski definition) is 4. The van der Waals surface area contributed by atoms with Crippen LogP contribution < -0.4 is 5.32 Å². The third kappa shape index (κ3) is 4.81. The van der Waals surface area contributed by atoms with Gasteiger partial charge in [0.05, 0.1) is 12.4 Å². The summed E-state index contributed by atoms with van der Waals surface area (Å²) in [6, 6.07) is 1.94. The van der Waals surface area contributed by atoms with Gasteiger partial charge in [-0.05, 0) is 31.2 Å². The molecule has 0 amide bonds.